The first-order valence-corrected chi connectivity index (χ1v) is 20.9. The Morgan fingerprint density at radius 3 is 1.82 bits per heavy atom. The van der Waals surface area contributed by atoms with Gasteiger partial charge in [0.2, 0.25) is 5.91 Å². The van der Waals surface area contributed by atoms with Gasteiger partial charge in [-0.15, -0.1) is 0 Å². The lowest BCUT2D eigenvalue weighted by Gasteiger charge is -2.62. The molecule has 6 aliphatic rings. The number of rotatable bonds is 7. The van der Waals surface area contributed by atoms with Gasteiger partial charge in [-0.1, -0.05) is 45.3 Å². The van der Waals surface area contributed by atoms with Crippen LogP contribution in [-0.2, 0) is 43.0 Å². The Hall–Kier alpha value is -3.42. The molecule has 0 saturated heterocycles. The zero-order valence-corrected chi connectivity index (χ0v) is 34.8. The summed E-state index contributed by atoms with van der Waals surface area (Å²) < 4.78 is 16.7. The molecule has 15 atom stereocenters. The van der Waals surface area contributed by atoms with Crippen LogP contribution in [0.5, 0.6) is 0 Å². The van der Waals surface area contributed by atoms with E-state index in [9.17, 15) is 39.0 Å². The molecule has 6 saturated carbocycles. The first-order chi connectivity index (χ1) is 26.8. The number of esters is 3. The highest BCUT2D eigenvalue weighted by atomic mass is 16.6. The van der Waals surface area contributed by atoms with Gasteiger partial charge < -0.3 is 34.8 Å². The summed E-state index contributed by atoms with van der Waals surface area (Å²) in [4.78, 5) is 82.0. The predicted octanol–water partition coefficient (Wildman–Crippen LogP) is 3.65. The lowest BCUT2D eigenvalue weighted by atomic mass is 9.41. The Kier molecular flexibility index (Phi) is 11.8. The fourth-order valence-corrected chi connectivity index (χ4v) is 13.8. The molecule has 6 fully saturated rings. The number of Topliss-reactive ketones (excluding diaryl/α,β-unsaturated/α-hetero) is 2. The molecule has 0 aromatic heterocycles. The summed E-state index contributed by atoms with van der Waals surface area (Å²) in [5, 5.41) is 35.1. The van der Waals surface area contributed by atoms with Crippen LogP contribution in [0.4, 0.5) is 0 Å². The topological polar surface area (TPSA) is 203 Å². The average molecular weight is 798 g/mol. The molecular weight excluding hydrogens is 734 g/mol. The Morgan fingerprint density at radius 2 is 1.28 bits per heavy atom. The molecule has 0 aromatic rings. The fraction of sp³-hybridized carbons (Fsp3) is 0.773. The Morgan fingerprint density at radius 1 is 0.754 bits per heavy atom. The van der Waals surface area contributed by atoms with Crippen molar-refractivity contribution in [3.05, 3.63) is 23.3 Å². The summed E-state index contributed by atoms with van der Waals surface area (Å²) in [5.74, 6) is -6.64. The molecule has 6 aliphatic carbocycles. The highest BCUT2D eigenvalue weighted by Gasteiger charge is 2.70. The van der Waals surface area contributed by atoms with Gasteiger partial charge in [-0.25, -0.2) is 4.79 Å². The van der Waals surface area contributed by atoms with Gasteiger partial charge in [0.15, 0.2) is 11.6 Å². The highest BCUT2D eigenvalue weighted by molar-refractivity contribution is 5.95. The number of hydrogen-bond donors (Lipinski definition) is 4. The van der Waals surface area contributed by atoms with Crippen LogP contribution in [-0.4, -0.2) is 96.4 Å². The number of carbonyl (C=O) groups is 6. The molecule has 4 N–H and O–H groups in total. The van der Waals surface area contributed by atoms with Crippen molar-refractivity contribution >= 4 is 35.4 Å². The first kappa shape index (κ1) is 43.2. The number of hydrogen-bond acceptors (Lipinski definition) is 12. The SMILES string of the molecule is COC(=O)[C@]1(C)[C@H](OC(=O)/C=C2/CC[C@@H]3[C@H]([C@H](O)C(=O)[C@H]4[C@@]3(C)CCC[C@@]4(C)C(=O)OC)[C@@H]2C)CC[C@@]2(C)[C@@H]3CC/C(=C\C(=O)NCCO)[C@@H](C)[C@H]3[C@H](O)C(=O)[C@@H]21. The average Bonchev–Trinajstić information content (AvgIpc) is 3.17. The van der Waals surface area contributed by atoms with Crippen LogP contribution in [0.1, 0.15) is 99.3 Å². The van der Waals surface area contributed by atoms with Gasteiger partial charge in [0.05, 0.1) is 26.2 Å². The lowest BCUT2D eigenvalue weighted by molar-refractivity contribution is -0.214. The number of amides is 1. The van der Waals surface area contributed by atoms with Crippen molar-refractivity contribution < 1.29 is 58.3 Å². The molecular formula is C44H63NO12. The van der Waals surface area contributed by atoms with Crippen molar-refractivity contribution in [3.8, 4) is 0 Å². The maximum Gasteiger partial charge on any atom is 0.331 e. The van der Waals surface area contributed by atoms with Crippen LogP contribution >= 0.6 is 0 Å². The molecule has 6 rings (SSSR count). The molecule has 1 amide bonds. The number of carbonyl (C=O) groups excluding carboxylic acids is 6. The minimum absolute atomic E-state index is 0.0775. The summed E-state index contributed by atoms with van der Waals surface area (Å²) >= 11 is 0. The number of methoxy groups -OCH3 is 2. The van der Waals surface area contributed by atoms with Crippen LogP contribution in [0.3, 0.4) is 0 Å². The summed E-state index contributed by atoms with van der Waals surface area (Å²) in [7, 11) is 2.56. The third-order valence-electron chi connectivity index (χ3n) is 16.5. The molecule has 0 aliphatic heterocycles. The molecule has 13 heteroatoms. The van der Waals surface area contributed by atoms with Gasteiger partial charge in [0.1, 0.15) is 23.7 Å². The quantitative estimate of drug-likeness (QED) is 0.166. The van der Waals surface area contributed by atoms with Gasteiger partial charge >= 0.3 is 17.9 Å². The number of allylic oxidation sites excluding steroid dienone is 2. The molecule has 57 heavy (non-hydrogen) atoms. The third-order valence-corrected chi connectivity index (χ3v) is 16.5. The zero-order valence-electron chi connectivity index (χ0n) is 34.8. The number of ketones is 2. The summed E-state index contributed by atoms with van der Waals surface area (Å²) in [6.45, 7) is 11.2. The fourth-order valence-electron chi connectivity index (χ4n) is 13.8. The second kappa shape index (κ2) is 15.6. The van der Waals surface area contributed by atoms with Gasteiger partial charge in [-0.05, 0) is 99.7 Å². The Labute approximate surface area is 335 Å². The highest BCUT2D eigenvalue weighted by Crippen LogP contribution is 2.66. The van der Waals surface area contributed by atoms with Gasteiger partial charge in [0, 0.05) is 42.4 Å². The van der Waals surface area contributed by atoms with Crippen molar-refractivity contribution in [2.75, 3.05) is 27.4 Å². The minimum atomic E-state index is -1.62. The monoisotopic (exact) mass is 797 g/mol. The van der Waals surface area contributed by atoms with Crippen molar-refractivity contribution in [3.63, 3.8) is 0 Å². The van der Waals surface area contributed by atoms with Crippen LogP contribution in [0.15, 0.2) is 23.3 Å². The van der Waals surface area contributed by atoms with Crippen molar-refractivity contribution in [1.82, 2.24) is 5.32 Å². The molecule has 0 bridgehead atoms. The second-order valence-corrected chi connectivity index (χ2v) is 19.0. The van der Waals surface area contributed by atoms with E-state index < -0.39 is 87.3 Å². The van der Waals surface area contributed by atoms with Crippen molar-refractivity contribution in [2.24, 2.45) is 69.0 Å². The Bertz CT molecular complexity index is 1740. The summed E-state index contributed by atoms with van der Waals surface area (Å²) in [5.41, 5.74) is -2.42. The minimum Gasteiger partial charge on any atom is -0.469 e. The number of aliphatic hydroxyl groups excluding tert-OH is 3. The predicted molar refractivity (Wildman–Crippen MR) is 205 cm³/mol. The van der Waals surface area contributed by atoms with E-state index in [2.05, 4.69) is 12.2 Å². The third kappa shape index (κ3) is 6.62. The molecule has 13 nitrogen and oxygen atoms in total. The molecule has 0 radical (unpaired) electrons. The van der Waals surface area contributed by atoms with E-state index in [1.807, 2.05) is 20.8 Å². The number of aliphatic hydroxyl groups is 3. The van der Waals surface area contributed by atoms with Crippen LogP contribution in [0.25, 0.3) is 0 Å². The van der Waals surface area contributed by atoms with E-state index in [1.165, 1.54) is 26.4 Å². The van der Waals surface area contributed by atoms with Gasteiger partial charge in [-0.2, -0.15) is 0 Å². The maximum atomic E-state index is 14.5. The largest absolute Gasteiger partial charge is 0.469 e. The van der Waals surface area contributed by atoms with E-state index in [0.29, 0.717) is 38.5 Å². The standard InChI is InChI=1S/C44H63NO12/c1-22-24(20-29(47)45-18-19-46)10-12-27-31(22)34(50)36(52)38-42(27,4)17-14-28(44(38,6)40(54)56-8)57-30(48)21-25-11-13-26-32(23(25)2)33(49)35(51)37-41(26,3)15-9-16-43(37,5)39(53)55-7/h20-23,26-28,31-34,37-38,46,49-50H,9-19H2,1-8H3,(H,45,47)/b24-20+,25-21-/t22-,23-,26-,27-,28-,31-,32-,33+,34+,37+,38+,41+,42+,43-,44-/m1/s1. The van der Waals surface area contributed by atoms with E-state index in [1.54, 1.807) is 13.8 Å². The first-order valence-electron chi connectivity index (χ1n) is 20.9. The molecule has 0 aromatic carbocycles. The summed E-state index contributed by atoms with van der Waals surface area (Å²) in [6, 6.07) is 0. The van der Waals surface area contributed by atoms with E-state index in [-0.39, 0.29) is 54.9 Å². The smallest absolute Gasteiger partial charge is 0.331 e. The number of fused-ring (bicyclic) bond motifs is 6. The zero-order chi connectivity index (χ0) is 42.0. The molecule has 0 heterocycles. The molecule has 0 spiro atoms. The maximum absolute atomic E-state index is 14.5. The van der Waals surface area contributed by atoms with Crippen molar-refractivity contribution in [2.45, 2.75) is 118 Å². The van der Waals surface area contributed by atoms with E-state index in [0.717, 1.165) is 24.0 Å². The lowest BCUT2D eigenvalue weighted by Crippen LogP contribution is -2.68. The normalized spacial score (nSPS) is 45.5. The van der Waals surface area contributed by atoms with E-state index in [4.69, 9.17) is 19.3 Å². The van der Waals surface area contributed by atoms with Crippen LogP contribution in [0.2, 0.25) is 0 Å². The molecule has 0 unspecified atom stereocenters. The summed E-state index contributed by atoms with van der Waals surface area (Å²) in [6.07, 6.45) is 4.08. The van der Waals surface area contributed by atoms with Gasteiger partial charge in [-0.3, -0.25) is 24.0 Å². The van der Waals surface area contributed by atoms with Crippen molar-refractivity contribution in [1.29, 1.82) is 0 Å². The van der Waals surface area contributed by atoms with Crippen LogP contribution in [0, 0.1) is 69.0 Å². The van der Waals surface area contributed by atoms with Gasteiger partial charge in [0.25, 0.3) is 0 Å². The van der Waals surface area contributed by atoms with E-state index >= 15 is 0 Å². The number of nitrogens with one attached hydrogen (secondary N) is 1. The molecule has 316 valence electrons. The van der Waals surface area contributed by atoms with Crippen LogP contribution < -0.4 is 5.32 Å². The Balaban J connectivity index is 1.24. The second-order valence-electron chi connectivity index (χ2n) is 19.0. The number of ether oxygens (including phenoxy) is 3.